The fourth-order valence-electron chi connectivity index (χ4n) is 1.92. The average Bonchev–Trinajstić information content (AvgIpc) is 2.06. The molecule has 0 radical (unpaired) electrons. The molecule has 0 aliphatic carbocycles. The monoisotopic (exact) mass is 184 g/mol. The van der Waals surface area contributed by atoms with Gasteiger partial charge in [0.15, 0.2) is 0 Å². The Bertz CT molecular complexity index is 115. The Morgan fingerprint density at radius 3 is 1.31 bits per heavy atom. The van der Waals surface area contributed by atoms with E-state index in [1.54, 1.807) is 0 Å². The third kappa shape index (κ3) is 4.69. The molecule has 0 fully saturated rings. The third-order valence-electron chi connectivity index (χ3n) is 3.66. The average molecular weight is 184 g/mol. The van der Waals surface area contributed by atoms with Gasteiger partial charge in [0.25, 0.3) is 0 Å². The van der Waals surface area contributed by atoms with Gasteiger partial charge in [-0.05, 0) is 23.7 Å². The van der Waals surface area contributed by atoms with Crippen molar-refractivity contribution in [1.29, 1.82) is 0 Å². The van der Waals surface area contributed by atoms with E-state index in [1.165, 1.54) is 32.1 Å². The molecule has 0 rings (SSSR count). The standard InChI is InChI=1S/C13H28/c1-7-13(8-2,9-3)11-10-12(4,5)6/h7-11H2,1-6H3. The highest BCUT2D eigenvalue weighted by Gasteiger charge is 2.25. The first-order valence-corrected chi connectivity index (χ1v) is 5.89. The molecule has 0 nitrogen and oxygen atoms in total. The van der Waals surface area contributed by atoms with Crippen LogP contribution < -0.4 is 0 Å². The van der Waals surface area contributed by atoms with Gasteiger partial charge in [0.05, 0.1) is 0 Å². The van der Waals surface area contributed by atoms with Gasteiger partial charge in [-0.15, -0.1) is 0 Å². The van der Waals surface area contributed by atoms with E-state index >= 15 is 0 Å². The first-order chi connectivity index (χ1) is 5.89. The predicted octanol–water partition coefficient (Wildman–Crippen LogP) is 5.03. The molecule has 80 valence electrons. The molecule has 0 heteroatoms. The Balaban J connectivity index is 4.11. The lowest BCUT2D eigenvalue weighted by molar-refractivity contribution is 0.188. The Morgan fingerprint density at radius 2 is 1.08 bits per heavy atom. The summed E-state index contributed by atoms with van der Waals surface area (Å²) in [7, 11) is 0. The molecule has 0 saturated heterocycles. The minimum absolute atomic E-state index is 0.505. The van der Waals surface area contributed by atoms with Crippen molar-refractivity contribution in [3.8, 4) is 0 Å². The quantitative estimate of drug-likeness (QED) is 0.562. The number of hydrogen-bond donors (Lipinski definition) is 0. The van der Waals surface area contributed by atoms with Gasteiger partial charge in [0.1, 0.15) is 0 Å². The third-order valence-corrected chi connectivity index (χ3v) is 3.66. The maximum atomic E-state index is 2.35. The maximum Gasteiger partial charge on any atom is -0.0305 e. The zero-order valence-electron chi connectivity index (χ0n) is 10.5. The minimum Gasteiger partial charge on any atom is -0.0649 e. The van der Waals surface area contributed by atoms with E-state index in [-0.39, 0.29) is 0 Å². The predicted molar refractivity (Wildman–Crippen MR) is 62.0 cm³/mol. The smallest absolute Gasteiger partial charge is 0.0305 e. The summed E-state index contributed by atoms with van der Waals surface area (Å²) < 4.78 is 0. The van der Waals surface area contributed by atoms with Gasteiger partial charge in [-0.3, -0.25) is 0 Å². The summed E-state index contributed by atoms with van der Waals surface area (Å²) in [6, 6.07) is 0. The Hall–Kier alpha value is 0. The molecule has 0 saturated carbocycles. The largest absolute Gasteiger partial charge is 0.0649 e. The van der Waals surface area contributed by atoms with Crippen molar-refractivity contribution in [2.24, 2.45) is 10.8 Å². The molecular formula is C13H28. The molecule has 0 atom stereocenters. The van der Waals surface area contributed by atoms with Crippen LogP contribution in [0, 0.1) is 10.8 Å². The van der Waals surface area contributed by atoms with E-state index in [1.807, 2.05) is 0 Å². The van der Waals surface area contributed by atoms with E-state index in [0.717, 1.165) is 0 Å². The lowest BCUT2D eigenvalue weighted by Crippen LogP contribution is -2.20. The molecule has 0 aliphatic heterocycles. The first kappa shape index (κ1) is 13.0. The molecule has 0 heterocycles. The molecule has 0 aromatic rings. The van der Waals surface area contributed by atoms with Crippen LogP contribution >= 0.6 is 0 Å². The number of hydrogen-bond acceptors (Lipinski definition) is 0. The first-order valence-electron chi connectivity index (χ1n) is 5.89. The van der Waals surface area contributed by atoms with Gasteiger partial charge in [-0.1, -0.05) is 60.8 Å². The highest BCUT2D eigenvalue weighted by atomic mass is 14.3. The van der Waals surface area contributed by atoms with E-state index in [4.69, 9.17) is 0 Å². The van der Waals surface area contributed by atoms with Crippen LogP contribution in [-0.4, -0.2) is 0 Å². The van der Waals surface area contributed by atoms with Gasteiger partial charge >= 0.3 is 0 Å². The van der Waals surface area contributed by atoms with Crippen LogP contribution in [0.3, 0.4) is 0 Å². The van der Waals surface area contributed by atoms with E-state index in [9.17, 15) is 0 Å². The molecule has 13 heavy (non-hydrogen) atoms. The lowest BCUT2D eigenvalue weighted by Gasteiger charge is -2.33. The minimum atomic E-state index is 0.505. The summed E-state index contributed by atoms with van der Waals surface area (Å²) in [5.74, 6) is 0. The van der Waals surface area contributed by atoms with Crippen LogP contribution in [0.1, 0.15) is 73.6 Å². The van der Waals surface area contributed by atoms with Crippen molar-refractivity contribution in [3.63, 3.8) is 0 Å². The molecule has 0 bridgehead atoms. The Labute approximate surface area is 85.1 Å². The molecule has 0 aromatic heterocycles. The second-order valence-electron chi connectivity index (χ2n) is 5.62. The Kier molecular flexibility index (Phi) is 5.02. The highest BCUT2D eigenvalue weighted by Crippen LogP contribution is 2.38. The molecular weight excluding hydrogens is 156 g/mol. The van der Waals surface area contributed by atoms with Gasteiger partial charge in [-0.2, -0.15) is 0 Å². The fraction of sp³-hybridized carbons (Fsp3) is 1.00. The Morgan fingerprint density at radius 1 is 0.692 bits per heavy atom. The van der Waals surface area contributed by atoms with E-state index < -0.39 is 0 Å². The van der Waals surface area contributed by atoms with Crippen LogP contribution in [-0.2, 0) is 0 Å². The zero-order valence-corrected chi connectivity index (χ0v) is 10.5. The maximum absolute atomic E-state index is 2.35. The zero-order chi connectivity index (χ0) is 10.5. The van der Waals surface area contributed by atoms with Crippen molar-refractivity contribution in [2.75, 3.05) is 0 Å². The van der Waals surface area contributed by atoms with Gasteiger partial charge in [-0.25, -0.2) is 0 Å². The summed E-state index contributed by atoms with van der Waals surface area (Å²) in [5.41, 5.74) is 1.14. The molecule has 0 aromatic carbocycles. The SMILES string of the molecule is CCC(CC)(CC)CCC(C)(C)C. The van der Waals surface area contributed by atoms with Crippen LogP contribution in [0.4, 0.5) is 0 Å². The fourth-order valence-corrected chi connectivity index (χ4v) is 1.92. The lowest BCUT2D eigenvalue weighted by atomic mass is 9.72. The number of rotatable bonds is 5. The van der Waals surface area contributed by atoms with Gasteiger partial charge < -0.3 is 0 Å². The molecule has 0 N–H and O–H groups in total. The second-order valence-corrected chi connectivity index (χ2v) is 5.62. The van der Waals surface area contributed by atoms with E-state index in [0.29, 0.717) is 10.8 Å². The molecule has 0 unspecified atom stereocenters. The second kappa shape index (κ2) is 5.02. The van der Waals surface area contributed by atoms with Gasteiger partial charge in [0.2, 0.25) is 0 Å². The van der Waals surface area contributed by atoms with Crippen LogP contribution in [0.25, 0.3) is 0 Å². The van der Waals surface area contributed by atoms with Crippen LogP contribution in [0.15, 0.2) is 0 Å². The van der Waals surface area contributed by atoms with Crippen molar-refractivity contribution in [2.45, 2.75) is 73.6 Å². The van der Waals surface area contributed by atoms with Crippen LogP contribution in [0.2, 0.25) is 0 Å². The van der Waals surface area contributed by atoms with Crippen LogP contribution in [0.5, 0.6) is 0 Å². The molecule has 0 aliphatic rings. The topological polar surface area (TPSA) is 0 Å². The summed E-state index contributed by atoms with van der Waals surface area (Å²) in [6.07, 6.45) is 6.80. The summed E-state index contributed by atoms with van der Waals surface area (Å²) in [6.45, 7) is 14.1. The summed E-state index contributed by atoms with van der Waals surface area (Å²) >= 11 is 0. The molecule has 0 spiro atoms. The summed E-state index contributed by atoms with van der Waals surface area (Å²) in [5, 5.41) is 0. The van der Waals surface area contributed by atoms with E-state index in [2.05, 4.69) is 41.5 Å². The molecule has 0 amide bonds. The highest BCUT2D eigenvalue weighted by molar-refractivity contribution is 4.77. The van der Waals surface area contributed by atoms with Crippen molar-refractivity contribution < 1.29 is 0 Å². The van der Waals surface area contributed by atoms with Gasteiger partial charge in [0, 0.05) is 0 Å². The van der Waals surface area contributed by atoms with Crippen molar-refractivity contribution >= 4 is 0 Å². The summed E-state index contributed by atoms with van der Waals surface area (Å²) in [4.78, 5) is 0. The van der Waals surface area contributed by atoms with Crippen molar-refractivity contribution in [1.82, 2.24) is 0 Å². The normalized spacial score (nSPS) is 13.4. The van der Waals surface area contributed by atoms with Crippen molar-refractivity contribution in [3.05, 3.63) is 0 Å².